The van der Waals surface area contributed by atoms with Gasteiger partial charge in [-0.15, -0.1) is 5.06 Å². The number of aromatic nitrogens is 3. The summed E-state index contributed by atoms with van der Waals surface area (Å²) in [6.45, 7) is 7.67. The van der Waals surface area contributed by atoms with Crippen LogP contribution in [0.1, 0.15) is 44.9 Å². The highest BCUT2D eigenvalue weighted by atomic mass is 35.5. The lowest BCUT2D eigenvalue weighted by atomic mass is 9.92. The van der Waals surface area contributed by atoms with Crippen molar-refractivity contribution in [2.45, 2.75) is 45.6 Å². The van der Waals surface area contributed by atoms with Crippen molar-refractivity contribution in [3.8, 4) is 17.2 Å². The fourth-order valence-electron chi connectivity index (χ4n) is 4.58. The van der Waals surface area contributed by atoms with Crippen molar-refractivity contribution in [2.24, 2.45) is 0 Å². The number of carbonyl (C=O) groups is 2. The number of anilines is 3. The van der Waals surface area contributed by atoms with E-state index in [-0.39, 0.29) is 27.8 Å². The molecule has 0 unspecified atom stereocenters. The molecular formula is C32H35Cl2N7O5. The van der Waals surface area contributed by atoms with Gasteiger partial charge in [-0.25, -0.2) is 19.3 Å². The van der Waals surface area contributed by atoms with Crippen LogP contribution in [0.5, 0.6) is 11.5 Å². The molecule has 12 nitrogen and oxygen atoms in total. The lowest BCUT2D eigenvalue weighted by molar-refractivity contribution is -0.0739. The van der Waals surface area contributed by atoms with E-state index in [4.69, 9.17) is 42.6 Å². The second-order valence-corrected chi connectivity index (χ2v) is 12.3. The summed E-state index contributed by atoms with van der Waals surface area (Å²) in [7, 11) is 1.60. The number of rotatable bonds is 9. The highest BCUT2D eigenvalue weighted by Gasteiger charge is 2.22. The van der Waals surface area contributed by atoms with Gasteiger partial charge in [0.25, 0.3) is 0 Å². The molecule has 5 rings (SSSR count). The normalized spacial score (nSPS) is 13.3. The third kappa shape index (κ3) is 8.19. The van der Waals surface area contributed by atoms with Crippen LogP contribution in [0.2, 0.25) is 10.0 Å². The first-order valence-corrected chi connectivity index (χ1v) is 15.4. The second-order valence-electron chi connectivity index (χ2n) is 11.6. The molecule has 0 atom stereocenters. The van der Waals surface area contributed by atoms with E-state index < -0.39 is 12.1 Å². The Hall–Kier alpha value is -4.52. The highest BCUT2D eigenvalue weighted by Crippen LogP contribution is 2.38. The van der Waals surface area contributed by atoms with E-state index in [0.717, 1.165) is 29.8 Å². The maximum absolute atomic E-state index is 13.1. The van der Waals surface area contributed by atoms with Gasteiger partial charge in [0, 0.05) is 30.8 Å². The van der Waals surface area contributed by atoms with Crippen molar-refractivity contribution in [3.63, 3.8) is 0 Å². The van der Waals surface area contributed by atoms with Crippen molar-refractivity contribution < 1.29 is 23.9 Å². The number of hydroxylamine groups is 2. The van der Waals surface area contributed by atoms with E-state index in [1.165, 1.54) is 0 Å². The summed E-state index contributed by atoms with van der Waals surface area (Å²) in [6.07, 6.45) is 2.93. The first kappa shape index (κ1) is 32.9. The lowest BCUT2D eigenvalue weighted by Gasteiger charge is -2.15. The van der Waals surface area contributed by atoms with Gasteiger partial charge in [0.15, 0.2) is 0 Å². The molecule has 1 aliphatic rings. The molecule has 3 N–H and O–H groups in total. The van der Waals surface area contributed by atoms with Gasteiger partial charge < -0.3 is 19.6 Å². The summed E-state index contributed by atoms with van der Waals surface area (Å²) in [5.41, 5.74) is 2.29. The highest BCUT2D eigenvalue weighted by molar-refractivity contribution is 6.45. The Bertz CT molecular complexity index is 1700. The number of urea groups is 1. The van der Waals surface area contributed by atoms with Gasteiger partial charge in [-0.2, -0.15) is 5.10 Å². The standard InChI is InChI=1S/C32H35Cl2N7O5/c1-32(2,3)25-18-27(41(39-25)21-7-9-22(44-4)10-8-21)38-30(42)36-23-11-12-24(29(34)28(23)33)45-19-20-13-14-35-26(17-20)37-31(43)46-40-15-5-6-16-40/h7-14,17-18H,5-6,15-16,19H2,1-4H3,(H,35,37,43)(H2,36,38,42). The monoisotopic (exact) mass is 667 g/mol. The predicted octanol–water partition coefficient (Wildman–Crippen LogP) is 7.66. The van der Waals surface area contributed by atoms with Gasteiger partial charge in [0.1, 0.15) is 34.8 Å². The fraction of sp³-hybridized carbons (Fsp3) is 0.312. The number of pyridine rings is 1. The Balaban J connectivity index is 1.23. The van der Waals surface area contributed by atoms with Gasteiger partial charge in [-0.1, -0.05) is 44.0 Å². The van der Waals surface area contributed by atoms with Crippen LogP contribution in [0.3, 0.4) is 0 Å². The van der Waals surface area contributed by atoms with Gasteiger partial charge in [-0.3, -0.25) is 10.6 Å². The molecular weight excluding hydrogens is 633 g/mol. The molecule has 4 aromatic rings. The van der Waals surface area contributed by atoms with Crippen LogP contribution in [0.4, 0.5) is 26.9 Å². The average molecular weight is 669 g/mol. The van der Waals surface area contributed by atoms with Crippen LogP contribution in [0.25, 0.3) is 5.69 Å². The van der Waals surface area contributed by atoms with E-state index in [9.17, 15) is 9.59 Å². The summed E-state index contributed by atoms with van der Waals surface area (Å²) < 4.78 is 12.8. The largest absolute Gasteiger partial charge is 0.497 e. The molecule has 0 radical (unpaired) electrons. The molecule has 3 amide bonds. The Kier molecular flexibility index (Phi) is 10.2. The molecule has 0 saturated carbocycles. The third-order valence-corrected chi connectivity index (χ3v) is 7.92. The summed E-state index contributed by atoms with van der Waals surface area (Å²) in [5.74, 6) is 1.80. The molecule has 3 heterocycles. The predicted molar refractivity (Wildman–Crippen MR) is 177 cm³/mol. The molecule has 0 bridgehead atoms. The van der Waals surface area contributed by atoms with E-state index >= 15 is 0 Å². The number of nitrogens with one attached hydrogen (secondary N) is 3. The summed E-state index contributed by atoms with van der Waals surface area (Å²) in [6, 6.07) is 15.2. The Morgan fingerprint density at radius 1 is 0.935 bits per heavy atom. The van der Waals surface area contributed by atoms with E-state index in [2.05, 4.69) is 20.9 Å². The van der Waals surface area contributed by atoms with Crippen LogP contribution < -0.4 is 25.4 Å². The number of hydrogen-bond acceptors (Lipinski definition) is 8. The Morgan fingerprint density at radius 3 is 2.37 bits per heavy atom. The van der Waals surface area contributed by atoms with Crippen molar-refractivity contribution in [1.82, 2.24) is 19.8 Å². The van der Waals surface area contributed by atoms with Crippen molar-refractivity contribution in [3.05, 3.63) is 82.1 Å². The molecule has 14 heteroatoms. The van der Waals surface area contributed by atoms with E-state index in [1.807, 2.05) is 51.1 Å². The lowest BCUT2D eigenvalue weighted by Crippen LogP contribution is -2.27. The molecule has 1 fully saturated rings. The Morgan fingerprint density at radius 2 is 1.67 bits per heavy atom. The average Bonchev–Trinajstić information content (AvgIpc) is 3.69. The third-order valence-electron chi connectivity index (χ3n) is 7.06. The molecule has 1 aliphatic heterocycles. The minimum absolute atomic E-state index is 0.107. The second kappa shape index (κ2) is 14.3. The maximum Gasteiger partial charge on any atom is 0.431 e. The number of methoxy groups -OCH3 is 1. The molecule has 0 aliphatic carbocycles. The van der Waals surface area contributed by atoms with Crippen LogP contribution in [-0.2, 0) is 16.9 Å². The number of hydrogen-bond donors (Lipinski definition) is 3. The Labute approximate surface area is 276 Å². The maximum atomic E-state index is 13.1. The topological polar surface area (TPSA) is 132 Å². The number of halogens is 2. The summed E-state index contributed by atoms with van der Waals surface area (Å²) in [4.78, 5) is 34.7. The van der Waals surface area contributed by atoms with Gasteiger partial charge in [0.05, 0.1) is 29.2 Å². The van der Waals surface area contributed by atoms with Gasteiger partial charge in [-0.05, 0) is 66.9 Å². The fourth-order valence-corrected chi connectivity index (χ4v) is 5.01. The van der Waals surface area contributed by atoms with Crippen molar-refractivity contribution in [2.75, 3.05) is 36.1 Å². The van der Waals surface area contributed by atoms with Crippen molar-refractivity contribution in [1.29, 1.82) is 0 Å². The number of amides is 3. The summed E-state index contributed by atoms with van der Waals surface area (Å²) in [5, 5.41) is 14.8. The molecule has 46 heavy (non-hydrogen) atoms. The summed E-state index contributed by atoms with van der Waals surface area (Å²) >= 11 is 13.1. The zero-order valence-corrected chi connectivity index (χ0v) is 27.4. The van der Waals surface area contributed by atoms with Crippen molar-refractivity contribution >= 4 is 52.6 Å². The van der Waals surface area contributed by atoms with E-state index in [0.29, 0.717) is 36.2 Å². The van der Waals surface area contributed by atoms with Crippen LogP contribution >= 0.6 is 23.2 Å². The van der Waals surface area contributed by atoms with Crippen LogP contribution in [0, 0.1) is 0 Å². The number of ether oxygens (including phenoxy) is 2. The molecule has 242 valence electrons. The minimum Gasteiger partial charge on any atom is -0.497 e. The molecule has 2 aromatic carbocycles. The first-order valence-electron chi connectivity index (χ1n) is 14.6. The number of carbonyl (C=O) groups excluding carboxylic acids is 2. The molecule has 1 saturated heterocycles. The number of benzene rings is 2. The SMILES string of the molecule is COc1ccc(-n2nc(C(C)(C)C)cc2NC(=O)Nc2ccc(OCc3ccnc(NC(=O)ON4CCCC4)c3)c(Cl)c2Cl)cc1. The smallest absolute Gasteiger partial charge is 0.431 e. The minimum atomic E-state index is -0.603. The van der Waals surface area contributed by atoms with Crippen LogP contribution in [-0.4, -0.2) is 52.2 Å². The van der Waals surface area contributed by atoms with E-state index in [1.54, 1.807) is 47.3 Å². The quantitative estimate of drug-likeness (QED) is 0.166. The molecule has 0 spiro atoms. The van der Waals surface area contributed by atoms with Crippen LogP contribution in [0.15, 0.2) is 60.8 Å². The zero-order valence-electron chi connectivity index (χ0n) is 25.9. The van der Waals surface area contributed by atoms with Gasteiger partial charge in [0.2, 0.25) is 0 Å². The zero-order chi connectivity index (χ0) is 32.8. The number of nitrogens with zero attached hydrogens (tertiary/aromatic N) is 4. The van der Waals surface area contributed by atoms with Gasteiger partial charge >= 0.3 is 12.1 Å². The molecule has 2 aromatic heterocycles. The first-order chi connectivity index (χ1) is 22.0.